The van der Waals surface area contributed by atoms with E-state index in [2.05, 4.69) is 47.5 Å². The Morgan fingerprint density at radius 3 is 1.64 bits per heavy atom. The largest absolute Gasteiger partial charge is 0.481 e. The van der Waals surface area contributed by atoms with Crippen molar-refractivity contribution in [3.8, 4) is 0 Å². The minimum Gasteiger partial charge on any atom is -0.481 e. The summed E-state index contributed by atoms with van der Waals surface area (Å²) >= 11 is 0. The SMILES string of the molecule is CC[C@H](C(=O)N[C@@H](CC(C)C)C(=O)N[C@@H](CCCCN)C(=O)N[C@@H](CCCN[C@@H](O)[C@H](CO)NC(=O)[C@H](CC(=O)O)NC(=O)CNC(=O)[C@@H](N)CCCN=C(N)N)C(=O)NCC(=O)N[C@@H](CO)C(=O)O)C(C)C. The normalized spacial score (nSPS) is 14.8. The lowest BCUT2D eigenvalue weighted by Crippen LogP contribution is -2.58. The molecule has 29 heteroatoms. The smallest absolute Gasteiger partial charge is 0.328 e. The molecule has 0 spiro atoms. The first-order chi connectivity index (χ1) is 34.3. The van der Waals surface area contributed by atoms with Gasteiger partial charge in [0.15, 0.2) is 5.96 Å². The van der Waals surface area contributed by atoms with E-state index in [-0.39, 0.29) is 81.4 Å². The summed E-state index contributed by atoms with van der Waals surface area (Å²) in [5.74, 6) is -10.2. The van der Waals surface area contributed by atoms with Crippen molar-refractivity contribution in [2.45, 2.75) is 147 Å². The molecule has 418 valence electrons. The molecule has 0 saturated heterocycles. The van der Waals surface area contributed by atoms with Gasteiger partial charge in [0, 0.05) is 12.5 Å². The molecule has 9 atom stereocenters. The quantitative estimate of drug-likeness (QED) is 0.0118. The van der Waals surface area contributed by atoms with E-state index in [1.807, 2.05) is 39.9 Å². The highest BCUT2D eigenvalue weighted by Crippen LogP contribution is 2.17. The molecule has 0 aromatic rings. The molecule has 0 rings (SSSR count). The van der Waals surface area contributed by atoms with Crippen LogP contribution >= 0.6 is 0 Å². The molecular weight excluding hydrogens is 965 g/mol. The number of amides is 8. The van der Waals surface area contributed by atoms with Crippen molar-refractivity contribution in [2.24, 2.45) is 45.7 Å². The summed E-state index contributed by atoms with van der Waals surface area (Å²) in [4.78, 5) is 132. The van der Waals surface area contributed by atoms with Crippen LogP contribution in [0.1, 0.15) is 98.8 Å². The zero-order valence-corrected chi connectivity index (χ0v) is 42.4. The summed E-state index contributed by atoms with van der Waals surface area (Å²) in [6.07, 6.45) is -0.826. The lowest BCUT2D eigenvalue weighted by Gasteiger charge is -2.28. The highest BCUT2D eigenvalue weighted by atomic mass is 16.4. The van der Waals surface area contributed by atoms with Crippen LogP contribution in [-0.2, 0) is 47.9 Å². The average molecular weight is 1050 g/mol. The highest BCUT2D eigenvalue weighted by molar-refractivity contribution is 5.96. The van der Waals surface area contributed by atoms with Gasteiger partial charge in [0.25, 0.3) is 0 Å². The number of hydrogen-bond acceptors (Lipinski definition) is 17. The Hall–Kier alpha value is -6.27. The first-order valence-corrected chi connectivity index (χ1v) is 24.3. The van der Waals surface area contributed by atoms with Gasteiger partial charge in [-0.25, -0.2) is 4.79 Å². The van der Waals surface area contributed by atoms with Gasteiger partial charge >= 0.3 is 11.9 Å². The number of unbranched alkanes of at least 4 members (excludes halogenated alkanes) is 1. The average Bonchev–Trinajstić information content (AvgIpc) is 3.31. The predicted octanol–water partition coefficient (Wildman–Crippen LogP) is -6.40. The van der Waals surface area contributed by atoms with Crippen molar-refractivity contribution in [2.75, 3.05) is 45.9 Å². The molecule has 0 saturated carbocycles. The minimum absolute atomic E-state index is 0.0219. The molecule has 29 nitrogen and oxygen atoms in total. The lowest BCUT2D eigenvalue weighted by atomic mass is 9.91. The van der Waals surface area contributed by atoms with Crippen molar-refractivity contribution in [1.82, 2.24) is 47.9 Å². The Kier molecular flexibility index (Phi) is 33.5. The molecule has 73 heavy (non-hydrogen) atoms. The van der Waals surface area contributed by atoms with Crippen LogP contribution in [0.4, 0.5) is 0 Å². The van der Waals surface area contributed by atoms with E-state index in [0.717, 1.165) is 0 Å². The summed E-state index contributed by atoms with van der Waals surface area (Å²) in [5.41, 5.74) is 22.0. The number of hydrogen-bond donors (Lipinski definition) is 18. The molecule has 0 aliphatic rings. The fourth-order valence-corrected chi connectivity index (χ4v) is 7.02. The number of aliphatic hydroxyl groups is 3. The van der Waals surface area contributed by atoms with Crippen LogP contribution in [0.15, 0.2) is 4.99 Å². The number of nitrogens with zero attached hydrogens (tertiary/aromatic N) is 1. The minimum atomic E-state index is -1.75. The van der Waals surface area contributed by atoms with E-state index in [9.17, 15) is 73.5 Å². The van der Waals surface area contributed by atoms with Crippen molar-refractivity contribution in [1.29, 1.82) is 0 Å². The predicted molar refractivity (Wildman–Crippen MR) is 264 cm³/mol. The molecule has 0 aliphatic carbocycles. The fourth-order valence-electron chi connectivity index (χ4n) is 7.02. The van der Waals surface area contributed by atoms with E-state index in [0.29, 0.717) is 25.7 Å². The fraction of sp³-hybridized carbons (Fsp3) is 0.750. The third-order valence-electron chi connectivity index (χ3n) is 11.1. The Balaban J connectivity index is 6.17. The van der Waals surface area contributed by atoms with Crippen LogP contribution in [-0.4, -0.2) is 185 Å². The standard InChI is InChI=1S/C44H82N14O15/c1-6-25(24(4)5)36(65)57-29(17-23(2)3)41(70)56-28(12-7-8-14-45)40(69)55-27(38(67)52-20-34(62)54-32(22-60)43(72)73)13-10-15-49-39(68)31(21-59)58-42(71)30(18-35(63)64)53-33(61)19-51-37(66)26(46)11-9-16-50-44(47)48/h23-32,39,49,59-60,68H,6-22,45-46H2,1-5H3,(H,51,66)(H,52,67)(H,53,61)(H,54,62)(H,55,69)(H,56,70)(H,57,65)(H,58,71)(H,63,64)(H,72,73)(H4,47,48,50)/t25-,26-,27-,28-,29-,30-,31-,32-,39-/m0/s1. The molecule has 8 amide bonds. The summed E-state index contributed by atoms with van der Waals surface area (Å²) < 4.78 is 0. The maximum Gasteiger partial charge on any atom is 0.328 e. The second kappa shape index (κ2) is 36.6. The topological polar surface area (TPSA) is 497 Å². The zero-order valence-electron chi connectivity index (χ0n) is 42.4. The van der Waals surface area contributed by atoms with Crippen molar-refractivity contribution < 1.29 is 73.5 Å². The maximum atomic E-state index is 14.0. The second-order valence-electron chi connectivity index (χ2n) is 18.0. The van der Waals surface area contributed by atoms with Crippen LogP contribution in [0, 0.1) is 17.8 Å². The Morgan fingerprint density at radius 1 is 0.603 bits per heavy atom. The van der Waals surface area contributed by atoms with Crippen LogP contribution in [0.25, 0.3) is 0 Å². The Labute approximate surface area is 424 Å². The second-order valence-corrected chi connectivity index (χ2v) is 18.0. The molecule has 0 radical (unpaired) electrons. The maximum absolute atomic E-state index is 14.0. The number of carboxylic acid groups (broad SMARTS) is 2. The molecule has 0 fully saturated rings. The number of aliphatic carboxylic acids is 2. The van der Waals surface area contributed by atoms with Gasteiger partial charge in [0.05, 0.1) is 44.8 Å². The summed E-state index contributed by atoms with van der Waals surface area (Å²) in [7, 11) is 0. The summed E-state index contributed by atoms with van der Waals surface area (Å²) in [6.45, 7) is 6.26. The third-order valence-corrected chi connectivity index (χ3v) is 11.1. The monoisotopic (exact) mass is 1050 g/mol. The number of guanidine groups is 1. The van der Waals surface area contributed by atoms with Gasteiger partial charge in [-0.3, -0.25) is 53.5 Å². The van der Waals surface area contributed by atoms with Gasteiger partial charge in [0.2, 0.25) is 47.3 Å². The molecule has 0 aromatic carbocycles. The highest BCUT2D eigenvalue weighted by Gasteiger charge is 2.33. The number of rotatable bonds is 39. The van der Waals surface area contributed by atoms with E-state index in [4.69, 9.17) is 22.9 Å². The number of carbonyl (C=O) groups excluding carboxylic acids is 8. The summed E-state index contributed by atoms with van der Waals surface area (Å²) in [5, 5.41) is 70.5. The number of nitrogens with one attached hydrogen (secondary N) is 9. The molecule has 0 bridgehead atoms. The van der Waals surface area contributed by atoms with Gasteiger partial charge < -0.3 is 91.0 Å². The molecule has 22 N–H and O–H groups in total. The Bertz CT molecular complexity index is 1820. The van der Waals surface area contributed by atoms with E-state index < -0.39 is 135 Å². The third kappa shape index (κ3) is 28.5. The number of carboxylic acids is 2. The van der Waals surface area contributed by atoms with Gasteiger partial charge in [-0.1, -0.05) is 34.6 Å². The number of nitrogens with two attached hydrogens (primary N) is 4. The van der Waals surface area contributed by atoms with Gasteiger partial charge in [0.1, 0.15) is 36.4 Å². The molecule has 0 aliphatic heterocycles. The van der Waals surface area contributed by atoms with E-state index in [1.54, 1.807) is 0 Å². The lowest BCUT2D eigenvalue weighted by molar-refractivity contribution is -0.143. The van der Waals surface area contributed by atoms with Crippen LogP contribution in [0.2, 0.25) is 0 Å². The number of aliphatic imine (C=N–C) groups is 1. The number of carbonyl (C=O) groups is 10. The molecule has 0 aromatic heterocycles. The summed E-state index contributed by atoms with van der Waals surface area (Å²) in [6, 6.07) is -9.71. The van der Waals surface area contributed by atoms with Crippen molar-refractivity contribution in [3.05, 3.63) is 0 Å². The van der Waals surface area contributed by atoms with Gasteiger partial charge in [-0.15, -0.1) is 0 Å². The van der Waals surface area contributed by atoms with E-state index in [1.165, 1.54) is 0 Å². The molecular formula is C44H82N14O15. The van der Waals surface area contributed by atoms with Gasteiger partial charge in [-0.2, -0.15) is 0 Å². The molecule has 0 unspecified atom stereocenters. The van der Waals surface area contributed by atoms with Crippen molar-refractivity contribution in [3.63, 3.8) is 0 Å². The Morgan fingerprint density at radius 2 is 1.14 bits per heavy atom. The van der Waals surface area contributed by atoms with Crippen LogP contribution in [0.3, 0.4) is 0 Å². The van der Waals surface area contributed by atoms with Crippen LogP contribution < -0.4 is 70.8 Å². The molecule has 0 heterocycles. The zero-order chi connectivity index (χ0) is 55.8. The van der Waals surface area contributed by atoms with Crippen molar-refractivity contribution >= 4 is 65.2 Å². The first-order valence-electron chi connectivity index (χ1n) is 24.3. The first kappa shape index (κ1) is 66.7. The van der Waals surface area contributed by atoms with Gasteiger partial charge in [-0.05, 0) is 82.7 Å². The number of aliphatic hydroxyl groups excluding tert-OH is 3. The van der Waals surface area contributed by atoms with E-state index >= 15 is 0 Å². The van der Waals surface area contributed by atoms with Crippen LogP contribution in [0.5, 0.6) is 0 Å².